The van der Waals surface area contributed by atoms with Crippen LogP contribution in [0.15, 0.2) is 12.1 Å². The van der Waals surface area contributed by atoms with E-state index < -0.39 is 11.6 Å². The van der Waals surface area contributed by atoms with Crippen LogP contribution in [0.25, 0.3) is 0 Å². The second-order valence-corrected chi connectivity index (χ2v) is 3.89. The van der Waals surface area contributed by atoms with Crippen LogP contribution in [0.3, 0.4) is 0 Å². The molecule has 0 saturated heterocycles. The van der Waals surface area contributed by atoms with Gasteiger partial charge in [0.15, 0.2) is 0 Å². The molecule has 0 radical (unpaired) electrons. The van der Waals surface area contributed by atoms with Gasteiger partial charge < -0.3 is 5.73 Å². The highest BCUT2D eigenvalue weighted by Crippen LogP contribution is 2.24. The van der Waals surface area contributed by atoms with E-state index >= 15 is 0 Å². The molecule has 0 fully saturated rings. The minimum atomic E-state index is -0.561. The molecule has 0 amide bonds. The van der Waals surface area contributed by atoms with Crippen LogP contribution in [-0.2, 0) is 0 Å². The second kappa shape index (κ2) is 4.05. The lowest BCUT2D eigenvalue weighted by molar-refractivity contribution is 0.478. The zero-order chi connectivity index (χ0) is 10.9. The maximum atomic E-state index is 13.3. The van der Waals surface area contributed by atoms with Crippen LogP contribution in [0, 0.1) is 24.5 Å². The summed E-state index contributed by atoms with van der Waals surface area (Å²) in [6.45, 7) is 5.41. The predicted molar refractivity (Wildman–Crippen MR) is 52.9 cm³/mol. The minimum Gasteiger partial charge on any atom is -0.324 e. The molecular formula is C11H15F2N. The largest absolute Gasteiger partial charge is 0.324 e. The molecule has 0 spiro atoms. The number of hydrogen-bond acceptors (Lipinski definition) is 1. The molecule has 14 heavy (non-hydrogen) atoms. The number of hydrogen-bond donors (Lipinski definition) is 1. The maximum absolute atomic E-state index is 13.3. The van der Waals surface area contributed by atoms with Gasteiger partial charge in [0.2, 0.25) is 0 Å². The van der Waals surface area contributed by atoms with Crippen molar-refractivity contribution in [2.24, 2.45) is 11.7 Å². The summed E-state index contributed by atoms with van der Waals surface area (Å²) in [6.07, 6.45) is 0. The first-order valence-corrected chi connectivity index (χ1v) is 4.64. The molecule has 0 heterocycles. The Labute approximate surface area is 82.9 Å². The van der Waals surface area contributed by atoms with Gasteiger partial charge in [0.1, 0.15) is 11.6 Å². The molecule has 1 unspecified atom stereocenters. The van der Waals surface area contributed by atoms with Gasteiger partial charge in [-0.3, -0.25) is 0 Å². The van der Waals surface area contributed by atoms with E-state index in [-0.39, 0.29) is 12.0 Å². The van der Waals surface area contributed by atoms with E-state index in [4.69, 9.17) is 5.73 Å². The quantitative estimate of drug-likeness (QED) is 0.778. The fourth-order valence-corrected chi connectivity index (χ4v) is 1.29. The van der Waals surface area contributed by atoms with E-state index in [9.17, 15) is 8.78 Å². The fraction of sp³-hybridized carbons (Fsp3) is 0.455. The van der Waals surface area contributed by atoms with Crippen molar-refractivity contribution in [2.45, 2.75) is 26.8 Å². The van der Waals surface area contributed by atoms with E-state index in [0.29, 0.717) is 11.1 Å². The normalized spacial score (nSPS) is 13.4. The smallest absolute Gasteiger partial charge is 0.130 e. The van der Waals surface area contributed by atoms with Gasteiger partial charge in [-0.2, -0.15) is 0 Å². The third kappa shape index (κ3) is 2.10. The van der Waals surface area contributed by atoms with Gasteiger partial charge in [-0.1, -0.05) is 13.8 Å². The lowest BCUT2D eigenvalue weighted by Crippen LogP contribution is -2.18. The Morgan fingerprint density at radius 3 is 2.21 bits per heavy atom. The van der Waals surface area contributed by atoms with Crippen LogP contribution >= 0.6 is 0 Å². The highest BCUT2D eigenvalue weighted by molar-refractivity contribution is 5.28. The van der Waals surface area contributed by atoms with Gasteiger partial charge in [0.05, 0.1) is 0 Å². The molecule has 1 aromatic carbocycles. The third-order valence-corrected chi connectivity index (χ3v) is 2.36. The summed E-state index contributed by atoms with van der Waals surface area (Å²) in [5.41, 5.74) is 6.61. The molecule has 0 bridgehead atoms. The summed E-state index contributed by atoms with van der Waals surface area (Å²) in [7, 11) is 0. The first-order valence-electron chi connectivity index (χ1n) is 4.64. The summed E-state index contributed by atoms with van der Waals surface area (Å²) in [4.78, 5) is 0. The van der Waals surface area contributed by atoms with E-state index in [2.05, 4.69) is 0 Å². The first-order chi connectivity index (χ1) is 6.43. The second-order valence-electron chi connectivity index (χ2n) is 3.89. The lowest BCUT2D eigenvalue weighted by Gasteiger charge is -2.17. The van der Waals surface area contributed by atoms with Crippen molar-refractivity contribution in [1.82, 2.24) is 0 Å². The van der Waals surface area contributed by atoms with Crippen molar-refractivity contribution >= 4 is 0 Å². The molecule has 1 rings (SSSR count). The summed E-state index contributed by atoms with van der Waals surface area (Å²) in [6, 6.07) is 2.00. The molecule has 2 N–H and O–H groups in total. The summed E-state index contributed by atoms with van der Waals surface area (Å²) >= 11 is 0. The number of benzene rings is 1. The summed E-state index contributed by atoms with van der Waals surface area (Å²) in [5, 5.41) is 0. The zero-order valence-corrected chi connectivity index (χ0v) is 8.64. The third-order valence-electron chi connectivity index (χ3n) is 2.36. The van der Waals surface area contributed by atoms with Crippen LogP contribution in [0.1, 0.15) is 31.0 Å². The van der Waals surface area contributed by atoms with Gasteiger partial charge in [-0.15, -0.1) is 0 Å². The Morgan fingerprint density at radius 2 is 1.71 bits per heavy atom. The summed E-state index contributed by atoms with van der Waals surface area (Å²) in [5.74, 6) is -0.953. The average Bonchev–Trinajstić information content (AvgIpc) is 2.10. The van der Waals surface area contributed by atoms with Crippen LogP contribution in [0.2, 0.25) is 0 Å². The van der Waals surface area contributed by atoms with Crippen molar-refractivity contribution in [3.8, 4) is 0 Å². The van der Waals surface area contributed by atoms with Gasteiger partial charge in [0.25, 0.3) is 0 Å². The van der Waals surface area contributed by atoms with Crippen LogP contribution < -0.4 is 5.73 Å². The fourth-order valence-electron chi connectivity index (χ4n) is 1.29. The SMILES string of the molecule is Cc1cc(C(N)C(C)C)c(F)cc1F. The van der Waals surface area contributed by atoms with Crippen LogP contribution in [0.4, 0.5) is 8.78 Å². The number of halogens is 2. The van der Waals surface area contributed by atoms with Crippen molar-refractivity contribution in [2.75, 3.05) is 0 Å². The Balaban J connectivity index is 3.15. The number of nitrogens with two attached hydrogens (primary N) is 1. The highest BCUT2D eigenvalue weighted by Gasteiger charge is 2.16. The Morgan fingerprint density at radius 1 is 1.14 bits per heavy atom. The van der Waals surface area contributed by atoms with Gasteiger partial charge in [0, 0.05) is 17.7 Å². The van der Waals surface area contributed by atoms with Crippen LogP contribution in [-0.4, -0.2) is 0 Å². The van der Waals surface area contributed by atoms with Gasteiger partial charge in [-0.05, 0) is 24.5 Å². The molecule has 1 aromatic rings. The highest BCUT2D eigenvalue weighted by atomic mass is 19.1. The molecule has 3 heteroatoms. The van der Waals surface area contributed by atoms with E-state index in [1.165, 1.54) is 6.07 Å². The Bertz CT molecular complexity index is 334. The standard InChI is InChI=1S/C11H15F2N/c1-6(2)11(14)8-4-7(3)9(12)5-10(8)13/h4-6,11H,14H2,1-3H3. The molecule has 78 valence electrons. The van der Waals surface area contributed by atoms with Crippen molar-refractivity contribution in [1.29, 1.82) is 0 Å². The summed E-state index contributed by atoms with van der Waals surface area (Å²) < 4.78 is 26.3. The van der Waals surface area contributed by atoms with Crippen molar-refractivity contribution < 1.29 is 8.78 Å². The van der Waals surface area contributed by atoms with Crippen molar-refractivity contribution in [3.63, 3.8) is 0 Å². The molecular weight excluding hydrogens is 184 g/mol. The average molecular weight is 199 g/mol. The lowest BCUT2D eigenvalue weighted by atomic mass is 9.95. The Hall–Kier alpha value is -0.960. The van der Waals surface area contributed by atoms with Crippen molar-refractivity contribution in [3.05, 3.63) is 34.9 Å². The van der Waals surface area contributed by atoms with Gasteiger partial charge >= 0.3 is 0 Å². The van der Waals surface area contributed by atoms with Gasteiger partial charge in [-0.25, -0.2) is 8.78 Å². The molecule has 0 aliphatic carbocycles. The predicted octanol–water partition coefficient (Wildman–Crippen LogP) is 2.93. The molecule has 1 nitrogen and oxygen atoms in total. The molecule has 0 aromatic heterocycles. The van der Waals surface area contributed by atoms with E-state index in [1.54, 1.807) is 6.92 Å². The molecule has 0 saturated carbocycles. The zero-order valence-electron chi connectivity index (χ0n) is 8.64. The van der Waals surface area contributed by atoms with E-state index in [1.807, 2.05) is 13.8 Å². The van der Waals surface area contributed by atoms with Crippen LogP contribution in [0.5, 0.6) is 0 Å². The number of aryl methyl sites for hydroxylation is 1. The Kier molecular flexibility index (Phi) is 3.21. The molecule has 0 aliphatic rings. The monoisotopic (exact) mass is 199 g/mol. The van der Waals surface area contributed by atoms with E-state index in [0.717, 1.165) is 6.07 Å². The maximum Gasteiger partial charge on any atom is 0.130 e. The topological polar surface area (TPSA) is 26.0 Å². The number of rotatable bonds is 2. The first kappa shape index (κ1) is 11.1. The molecule has 1 atom stereocenters. The minimum absolute atomic E-state index is 0.134. The molecule has 0 aliphatic heterocycles.